The molecule has 0 N–H and O–H groups in total. The SMILES string of the molecule is Ic1c2n(c3ccccc13)C(c1ccccc1)(c1ccccc1)OCC2. The van der Waals surface area contributed by atoms with Gasteiger partial charge in [0.1, 0.15) is 0 Å². The summed E-state index contributed by atoms with van der Waals surface area (Å²) in [6.07, 6.45) is 0.925. The Morgan fingerprint density at radius 2 is 1.35 bits per heavy atom. The first-order chi connectivity index (χ1) is 12.8. The number of hydrogen-bond acceptors (Lipinski definition) is 1. The van der Waals surface area contributed by atoms with Gasteiger partial charge in [0.05, 0.1) is 12.1 Å². The molecule has 4 aromatic rings. The Hall–Kier alpha value is -2.11. The summed E-state index contributed by atoms with van der Waals surface area (Å²) in [4.78, 5) is 0. The van der Waals surface area contributed by atoms with Crippen molar-refractivity contribution in [2.24, 2.45) is 0 Å². The minimum Gasteiger partial charge on any atom is -0.346 e. The molecule has 5 rings (SSSR count). The van der Waals surface area contributed by atoms with Crippen LogP contribution in [-0.4, -0.2) is 11.2 Å². The van der Waals surface area contributed by atoms with Crippen molar-refractivity contribution >= 4 is 33.5 Å². The van der Waals surface area contributed by atoms with E-state index in [1.165, 1.54) is 20.2 Å². The number of benzene rings is 3. The van der Waals surface area contributed by atoms with Gasteiger partial charge < -0.3 is 9.30 Å². The number of fused-ring (bicyclic) bond motifs is 3. The lowest BCUT2D eigenvalue weighted by molar-refractivity contribution is -0.0558. The molecule has 1 aromatic heterocycles. The van der Waals surface area contributed by atoms with Crippen LogP contribution in [0.25, 0.3) is 10.9 Å². The van der Waals surface area contributed by atoms with Crippen molar-refractivity contribution in [2.75, 3.05) is 6.61 Å². The van der Waals surface area contributed by atoms with Gasteiger partial charge in [-0.05, 0) is 28.7 Å². The van der Waals surface area contributed by atoms with E-state index < -0.39 is 5.72 Å². The second kappa shape index (κ2) is 6.25. The summed E-state index contributed by atoms with van der Waals surface area (Å²) in [6, 6.07) is 29.8. The molecule has 0 bridgehead atoms. The number of ether oxygens (including phenoxy) is 1. The number of aromatic nitrogens is 1. The monoisotopic (exact) mass is 451 g/mol. The lowest BCUT2D eigenvalue weighted by Gasteiger charge is -2.41. The molecule has 1 aliphatic rings. The first-order valence-corrected chi connectivity index (χ1v) is 9.93. The molecule has 0 unspecified atom stereocenters. The number of halogens is 1. The normalized spacial score (nSPS) is 15.7. The molecule has 0 fully saturated rings. The van der Waals surface area contributed by atoms with Crippen LogP contribution in [-0.2, 0) is 16.9 Å². The Morgan fingerprint density at radius 3 is 2.00 bits per heavy atom. The zero-order valence-corrected chi connectivity index (χ0v) is 16.4. The van der Waals surface area contributed by atoms with E-state index in [-0.39, 0.29) is 0 Å². The van der Waals surface area contributed by atoms with Gasteiger partial charge in [0, 0.05) is 32.2 Å². The lowest BCUT2D eigenvalue weighted by atomic mass is 9.92. The number of nitrogens with zero attached hydrogens (tertiary/aromatic N) is 1. The van der Waals surface area contributed by atoms with Crippen LogP contribution in [0.5, 0.6) is 0 Å². The van der Waals surface area contributed by atoms with Crippen LogP contribution in [0.2, 0.25) is 0 Å². The maximum absolute atomic E-state index is 6.65. The molecule has 3 aromatic carbocycles. The van der Waals surface area contributed by atoms with Crippen LogP contribution < -0.4 is 0 Å². The quantitative estimate of drug-likeness (QED) is 0.364. The molecular formula is C23H18INO. The van der Waals surface area contributed by atoms with Gasteiger partial charge >= 0.3 is 0 Å². The van der Waals surface area contributed by atoms with Crippen molar-refractivity contribution in [1.29, 1.82) is 0 Å². The second-order valence-electron chi connectivity index (χ2n) is 6.59. The molecule has 2 nitrogen and oxygen atoms in total. The fourth-order valence-electron chi connectivity index (χ4n) is 4.11. The van der Waals surface area contributed by atoms with Crippen LogP contribution in [0, 0.1) is 3.57 Å². The van der Waals surface area contributed by atoms with Crippen molar-refractivity contribution < 1.29 is 4.74 Å². The van der Waals surface area contributed by atoms with Crippen LogP contribution in [0.4, 0.5) is 0 Å². The smallest absolute Gasteiger partial charge is 0.197 e. The summed E-state index contributed by atoms with van der Waals surface area (Å²) < 4.78 is 10.4. The molecule has 3 heteroatoms. The standard InChI is InChI=1S/C23H18INO/c24-22-19-13-7-8-14-20(19)25-21(22)15-16-26-23(25,17-9-3-1-4-10-17)18-11-5-2-6-12-18/h1-14H,15-16H2. The van der Waals surface area contributed by atoms with Gasteiger partial charge in [-0.25, -0.2) is 0 Å². The number of para-hydroxylation sites is 1. The third-order valence-electron chi connectivity index (χ3n) is 5.20. The summed E-state index contributed by atoms with van der Waals surface area (Å²) in [5.41, 5.74) is 4.25. The predicted molar refractivity (Wildman–Crippen MR) is 113 cm³/mol. The van der Waals surface area contributed by atoms with Crippen molar-refractivity contribution in [3.05, 3.63) is 105 Å². The zero-order valence-electron chi connectivity index (χ0n) is 14.2. The van der Waals surface area contributed by atoms with Crippen molar-refractivity contribution in [1.82, 2.24) is 4.57 Å². The van der Waals surface area contributed by atoms with Gasteiger partial charge in [0.2, 0.25) is 0 Å². The highest BCUT2D eigenvalue weighted by molar-refractivity contribution is 14.1. The lowest BCUT2D eigenvalue weighted by Crippen LogP contribution is -2.44. The largest absolute Gasteiger partial charge is 0.346 e. The number of hydrogen-bond donors (Lipinski definition) is 0. The van der Waals surface area contributed by atoms with Gasteiger partial charge in [-0.1, -0.05) is 78.9 Å². The highest BCUT2D eigenvalue weighted by Crippen LogP contribution is 2.44. The Labute approximate surface area is 166 Å². The minimum atomic E-state index is -0.640. The third-order valence-corrected chi connectivity index (χ3v) is 6.40. The topological polar surface area (TPSA) is 14.2 Å². The first-order valence-electron chi connectivity index (χ1n) is 8.85. The molecule has 0 radical (unpaired) electrons. The van der Waals surface area contributed by atoms with Crippen LogP contribution in [0.15, 0.2) is 84.9 Å². The molecule has 128 valence electrons. The summed E-state index contributed by atoms with van der Waals surface area (Å²) in [5.74, 6) is 0. The average molecular weight is 451 g/mol. The highest BCUT2D eigenvalue weighted by atomic mass is 127. The average Bonchev–Trinajstić information content (AvgIpc) is 3.02. The fourth-order valence-corrected chi connectivity index (χ4v) is 5.08. The summed E-state index contributed by atoms with van der Waals surface area (Å²) in [5, 5.41) is 1.30. The van der Waals surface area contributed by atoms with Gasteiger partial charge in [0.15, 0.2) is 5.72 Å². The number of rotatable bonds is 2. The molecule has 1 aliphatic heterocycles. The Kier molecular flexibility index (Phi) is 3.87. The second-order valence-corrected chi connectivity index (χ2v) is 7.67. The van der Waals surface area contributed by atoms with E-state index in [1.54, 1.807) is 0 Å². The van der Waals surface area contributed by atoms with Crippen LogP contribution in [0.3, 0.4) is 0 Å². The molecule has 2 heterocycles. The van der Waals surface area contributed by atoms with Crippen molar-refractivity contribution in [3.8, 4) is 0 Å². The van der Waals surface area contributed by atoms with Crippen LogP contribution in [0.1, 0.15) is 16.8 Å². The molecule has 0 saturated carbocycles. The van der Waals surface area contributed by atoms with Gasteiger partial charge in [-0.2, -0.15) is 0 Å². The molecular weight excluding hydrogens is 433 g/mol. The van der Waals surface area contributed by atoms with E-state index in [4.69, 9.17) is 4.74 Å². The zero-order chi connectivity index (χ0) is 17.6. The fraction of sp³-hybridized carbons (Fsp3) is 0.130. The molecule has 0 atom stereocenters. The molecule has 0 amide bonds. The van der Waals surface area contributed by atoms with E-state index in [9.17, 15) is 0 Å². The molecule has 0 spiro atoms. The first kappa shape index (κ1) is 16.1. The van der Waals surface area contributed by atoms with E-state index in [1.807, 2.05) is 0 Å². The Morgan fingerprint density at radius 1 is 0.769 bits per heavy atom. The third kappa shape index (κ3) is 2.20. The maximum Gasteiger partial charge on any atom is 0.197 e. The van der Waals surface area contributed by atoms with E-state index >= 15 is 0 Å². The summed E-state index contributed by atoms with van der Waals surface area (Å²) in [7, 11) is 0. The van der Waals surface area contributed by atoms with E-state index in [0.717, 1.165) is 17.5 Å². The van der Waals surface area contributed by atoms with Gasteiger partial charge in [-0.15, -0.1) is 0 Å². The molecule has 26 heavy (non-hydrogen) atoms. The summed E-state index contributed by atoms with van der Waals surface area (Å²) >= 11 is 2.50. The molecule has 0 saturated heterocycles. The summed E-state index contributed by atoms with van der Waals surface area (Å²) in [6.45, 7) is 0.704. The van der Waals surface area contributed by atoms with E-state index in [0.29, 0.717) is 6.61 Å². The van der Waals surface area contributed by atoms with Crippen molar-refractivity contribution in [3.63, 3.8) is 0 Å². The van der Waals surface area contributed by atoms with Crippen LogP contribution >= 0.6 is 22.6 Å². The maximum atomic E-state index is 6.65. The Bertz CT molecular complexity index is 1030. The minimum absolute atomic E-state index is 0.640. The van der Waals surface area contributed by atoms with Crippen molar-refractivity contribution in [2.45, 2.75) is 12.1 Å². The van der Waals surface area contributed by atoms with Gasteiger partial charge in [-0.3, -0.25) is 0 Å². The Balaban J connectivity index is 1.94. The highest BCUT2D eigenvalue weighted by Gasteiger charge is 2.43. The predicted octanol–water partition coefficient (Wildman–Crippen LogP) is 5.57. The van der Waals surface area contributed by atoms with E-state index in [2.05, 4.69) is 112 Å². The van der Waals surface area contributed by atoms with Gasteiger partial charge in [0.25, 0.3) is 0 Å². The molecule has 0 aliphatic carbocycles.